The Morgan fingerprint density at radius 1 is 1.08 bits per heavy atom. The van der Waals surface area contributed by atoms with E-state index in [9.17, 15) is 22.0 Å². The second-order valence-corrected chi connectivity index (χ2v) is 8.39. The molecule has 0 radical (unpaired) electrons. The molecule has 2 aliphatic rings. The van der Waals surface area contributed by atoms with Crippen molar-refractivity contribution in [1.82, 2.24) is 4.31 Å². The van der Waals surface area contributed by atoms with Crippen LogP contribution in [0.1, 0.15) is 28.8 Å². The molecule has 136 valence electrons. The fourth-order valence-corrected chi connectivity index (χ4v) is 5.16. The minimum atomic E-state index is -4.05. The number of fused-ring (bicyclic) bond motifs is 2. The molecule has 0 aromatic heterocycles. The summed E-state index contributed by atoms with van der Waals surface area (Å²) in [5, 5.41) is 0. The molecule has 2 heterocycles. The number of halogens is 2. The van der Waals surface area contributed by atoms with Crippen LogP contribution in [0.4, 0.5) is 8.78 Å². The second kappa shape index (κ2) is 5.85. The fraction of sp³-hybridized carbons (Fsp3) is 0.278. The van der Waals surface area contributed by atoms with Gasteiger partial charge >= 0.3 is 5.97 Å². The van der Waals surface area contributed by atoms with Crippen LogP contribution in [0.25, 0.3) is 0 Å². The summed E-state index contributed by atoms with van der Waals surface area (Å²) in [6.45, 7) is 0.153. The molecule has 2 aromatic carbocycles. The molecule has 1 unspecified atom stereocenters. The van der Waals surface area contributed by atoms with Gasteiger partial charge in [-0.25, -0.2) is 22.0 Å². The third-order valence-electron chi connectivity index (χ3n) is 4.87. The van der Waals surface area contributed by atoms with Gasteiger partial charge in [0.15, 0.2) is 17.2 Å². The van der Waals surface area contributed by atoms with E-state index in [-0.39, 0.29) is 18.0 Å². The van der Waals surface area contributed by atoms with Gasteiger partial charge in [-0.3, -0.25) is 0 Å². The molecular weight excluding hydrogens is 364 g/mol. The average molecular weight is 379 g/mol. The minimum absolute atomic E-state index is 0.0585. The molecule has 4 rings (SSSR count). The number of piperidine rings is 1. The Morgan fingerprint density at radius 2 is 1.85 bits per heavy atom. The lowest BCUT2D eigenvalue weighted by atomic mass is 9.86. The van der Waals surface area contributed by atoms with Crippen LogP contribution >= 0.6 is 0 Å². The second-order valence-electron chi connectivity index (χ2n) is 6.45. The highest BCUT2D eigenvalue weighted by Gasteiger charge is 2.50. The van der Waals surface area contributed by atoms with Crippen molar-refractivity contribution in [3.8, 4) is 0 Å². The predicted octanol–water partition coefficient (Wildman–Crippen LogP) is 2.82. The van der Waals surface area contributed by atoms with Gasteiger partial charge in [0, 0.05) is 12.1 Å². The smallest absolute Gasteiger partial charge is 0.339 e. The van der Waals surface area contributed by atoms with Gasteiger partial charge in [-0.1, -0.05) is 18.2 Å². The van der Waals surface area contributed by atoms with E-state index >= 15 is 0 Å². The molecule has 8 heteroatoms. The van der Waals surface area contributed by atoms with Crippen molar-refractivity contribution in [1.29, 1.82) is 0 Å². The molecule has 1 saturated heterocycles. The summed E-state index contributed by atoms with van der Waals surface area (Å²) in [7, 11) is -4.05. The number of carbonyl (C=O) groups excluding carboxylic acids is 1. The topological polar surface area (TPSA) is 63.7 Å². The van der Waals surface area contributed by atoms with Gasteiger partial charge in [-0.05, 0) is 37.1 Å². The molecule has 0 saturated carbocycles. The van der Waals surface area contributed by atoms with Crippen LogP contribution in [0.2, 0.25) is 0 Å². The third kappa shape index (κ3) is 2.52. The molecule has 1 atom stereocenters. The molecule has 0 N–H and O–H groups in total. The summed E-state index contributed by atoms with van der Waals surface area (Å²) >= 11 is 0. The molecule has 2 aliphatic heterocycles. The highest BCUT2D eigenvalue weighted by atomic mass is 32.2. The summed E-state index contributed by atoms with van der Waals surface area (Å²) in [6.07, 6.45) is 0.976. The Labute approximate surface area is 149 Å². The predicted molar refractivity (Wildman–Crippen MR) is 87.9 cm³/mol. The minimum Gasteiger partial charge on any atom is -0.449 e. The van der Waals surface area contributed by atoms with E-state index in [1.165, 1.54) is 4.31 Å². The van der Waals surface area contributed by atoms with Gasteiger partial charge in [0.25, 0.3) is 0 Å². The average Bonchev–Trinajstić information content (AvgIpc) is 2.89. The maximum atomic E-state index is 13.5. The number of rotatable bonds is 2. The fourth-order valence-electron chi connectivity index (χ4n) is 3.62. The van der Waals surface area contributed by atoms with E-state index in [1.807, 2.05) is 0 Å². The third-order valence-corrected chi connectivity index (χ3v) is 6.72. The Kier molecular flexibility index (Phi) is 3.85. The Hall–Kier alpha value is -2.32. The highest BCUT2D eigenvalue weighted by molar-refractivity contribution is 7.89. The molecule has 0 aliphatic carbocycles. The van der Waals surface area contributed by atoms with Gasteiger partial charge in [0.05, 0.1) is 17.0 Å². The van der Waals surface area contributed by atoms with Gasteiger partial charge in [-0.2, -0.15) is 4.31 Å². The van der Waals surface area contributed by atoms with Crippen LogP contribution < -0.4 is 0 Å². The molecule has 1 fully saturated rings. The molecular formula is C18H15F2NO4S. The van der Waals surface area contributed by atoms with Crippen LogP contribution in [-0.4, -0.2) is 31.8 Å². The first-order chi connectivity index (χ1) is 12.3. The maximum Gasteiger partial charge on any atom is 0.339 e. The van der Waals surface area contributed by atoms with E-state index in [2.05, 4.69) is 0 Å². The van der Waals surface area contributed by atoms with Gasteiger partial charge in [-0.15, -0.1) is 0 Å². The first-order valence-electron chi connectivity index (χ1n) is 8.12. The van der Waals surface area contributed by atoms with Crippen molar-refractivity contribution in [2.75, 3.05) is 13.1 Å². The summed E-state index contributed by atoms with van der Waals surface area (Å²) in [6, 6.07) is 9.38. The lowest BCUT2D eigenvalue weighted by molar-refractivity contribution is -0.0345. The van der Waals surface area contributed by atoms with Crippen molar-refractivity contribution in [3.63, 3.8) is 0 Å². The zero-order chi connectivity index (χ0) is 18.5. The Morgan fingerprint density at radius 3 is 2.62 bits per heavy atom. The summed E-state index contributed by atoms with van der Waals surface area (Å²) in [4.78, 5) is 11.8. The Balaban J connectivity index is 1.72. The SMILES string of the molecule is O=C1OC2(CCCN(S(=O)(=O)c3ccc(F)c(F)c3)C2)c2ccccc21. The lowest BCUT2D eigenvalue weighted by Crippen LogP contribution is -2.48. The number of hydrogen-bond donors (Lipinski definition) is 0. The quantitative estimate of drug-likeness (QED) is 0.753. The van der Waals surface area contributed by atoms with Crippen LogP contribution in [0.5, 0.6) is 0 Å². The van der Waals surface area contributed by atoms with Crippen molar-refractivity contribution in [3.05, 3.63) is 65.2 Å². The normalized spacial score (nSPS) is 23.1. The molecule has 0 bridgehead atoms. The lowest BCUT2D eigenvalue weighted by Gasteiger charge is -2.38. The molecule has 5 nitrogen and oxygen atoms in total. The van der Waals surface area contributed by atoms with Crippen molar-refractivity contribution >= 4 is 16.0 Å². The van der Waals surface area contributed by atoms with Crippen LogP contribution in [-0.2, 0) is 20.4 Å². The first-order valence-corrected chi connectivity index (χ1v) is 9.56. The van der Waals surface area contributed by atoms with E-state index in [0.717, 1.165) is 12.1 Å². The number of ether oxygens (including phenoxy) is 1. The van der Waals surface area contributed by atoms with Crippen LogP contribution in [0, 0.1) is 11.6 Å². The molecule has 1 spiro atoms. The van der Waals surface area contributed by atoms with Gasteiger partial charge < -0.3 is 4.74 Å². The van der Waals surface area contributed by atoms with Gasteiger partial charge in [0.1, 0.15) is 0 Å². The maximum absolute atomic E-state index is 13.5. The van der Waals surface area contributed by atoms with Gasteiger partial charge in [0.2, 0.25) is 10.0 Å². The van der Waals surface area contributed by atoms with E-state index < -0.39 is 33.2 Å². The highest BCUT2D eigenvalue weighted by Crippen LogP contribution is 2.43. The van der Waals surface area contributed by atoms with E-state index in [4.69, 9.17) is 4.74 Å². The molecule has 0 amide bonds. The number of carbonyl (C=O) groups is 1. The largest absolute Gasteiger partial charge is 0.449 e. The van der Waals surface area contributed by atoms with E-state index in [0.29, 0.717) is 30.0 Å². The number of benzene rings is 2. The number of nitrogens with zero attached hydrogens (tertiary/aromatic N) is 1. The standard InChI is InChI=1S/C18H15F2NO4S/c19-15-7-6-12(10-16(15)20)26(23,24)21-9-3-8-18(11-21)14-5-2-1-4-13(14)17(22)25-18/h1-2,4-7,10H,3,8-9,11H2. The summed E-state index contributed by atoms with van der Waals surface area (Å²) in [5.41, 5.74) is 0.0483. The molecule has 2 aromatic rings. The van der Waals surface area contributed by atoms with Crippen molar-refractivity contribution in [2.24, 2.45) is 0 Å². The summed E-state index contributed by atoms with van der Waals surface area (Å²) in [5.74, 6) is -2.82. The van der Waals surface area contributed by atoms with Crippen molar-refractivity contribution < 1.29 is 26.7 Å². The van der Waals surface area contributed by atoms with Crippen LogP contribution in [0.15, 0.2) is 47.4 Å². The monoisotopic (exact) mass is 379 g/mol. The number of hydrogen-bond acceptors (Lipinski definition) is 4. The van der Waals surface area contributed by atoms with Crippen LogP contribution in [0.3, 0.4) is 0 Å². The number of esters is 1. The first kappa shape index (κ1) is 17.1. The molecule has 26 heavy (non-hydrogen) atoms. The summed E-state index contributed by atoms with van der Waals surface area (Å²) < 4.78 is 59.1. The Bertz CT molecular complexity index is 1010. The number of sulfonamides is 1. The zero-order valence-corrected chi connectivity index (χ0v) is 14.4. The van der Waals surface area contributed by atoms with Crippen molar-refractivity contribution in [2.45, 2.75) is 23.3 Å². The zero-order valence-electron chi connectivity index (χ0n) is 13.6. The van der Waals surface area contributed by atoms with E-state index in [1.54, 1.807) is 24.3 Å².